The van der Waals surface area contributed by atoms with E-state index in [9.17, 15) is 4.79 Å². The number of rotatable bonds is 3. The van der Waals surface area contributed by atoms with E-state index < -0.39 is 12.0 Å². The molecule has 0 saturated heterocycles. The Hall–Kier alpha value is -1.46. The van der Waals surface area contributed by atoms with Gasteiger partial charge >= 0.3 is 5.97 Å². The molecule has 1 atom stereocenters. The minimum atomic E-state index is -1.11. The lowest BCUT2D eigenvalue weighted by molar-refractivity contribution is -0.138. The molecule has 2 rings (SSSR count). The molecular weight excluding hydrogens is 246 g/mol. The highest BCUT2D eigenvalue weighted by atomic mass is 35.5. The van der Waals surface area contributed by atoms with Crippen LogP contribution in [0.25, 0.3) is 0 Å². The van der Waals surface area contributed by atoms with Gasteiger partial charge in [-0.05, 0) is 23.6 Å². The Morgan fingerprint density at radius 3 is 2.94 bits per heavy atom. The van der Waals surface area contributed by atoms with Gasteiger partial charge < -0.3 is 20.3 Å². The standard InChI is InChI=1S/C11H12ClNO4/c1-2-5-6(9(13)11(14)15)3-7-10(8(5)12)17-4-16-7/h3,9H,2,4,13H2,1H3,(H,14,15). The molecule has 1 unspecified atom stereocenters. The lowest BCUT2D eigenvalue weighted by Gasteiger charge is -2.15. The molecule has 1 aromatic rings. The lowest BCUT2D eigenvalue weighted by Crippen LogP contribution is -2.22. The van der Waals surface area contributed by atoms with E-state index in [2.05, 4.69) is 0 Å². The van der Waals surface area contributed by atoms with Crippen molar-refractivity contribution in [2.75, 3.05) is 6.79 Å². The van der Waals surface area contributed by atoms with Crippen LogP contribution in [0, 0.1) is 0 Å². The van der Waals surface area contributed by atoms with E-state index in [1.165, 1.54) is 0 Å². The summed E-state index contributed by atoms with van der Waals surface area (Å²) in [6.07, 6.45) is 0.575. The number of ether oxygens (including phenoxy) is 2. The van der Waals surface area contributed by atoms with Gasteiger partial charge in [0.1, 0.15) is 6.04 Å². The van der Waals surface area contributed by atoms with Gasteiger partial charge in [0.25, 0.3) is 0 Å². The normalized spacial score (nSPS) is 14.8. The quantitative estimate of drug-likeness (QED) is 0.862. The lowest BCUT2D eigenvalue weighted by atomic mass is 9.98. The van der Waals surface area contributed by atoms with Crippen molar-refractivity contribution in [3.05, 3.63) is 22.2 Å². The number of halogens is 1. The van der Waals surface area contributed by atoms with E-state index in [-0.39, 0.29) is 6.79 Å². The average molecular weight is 258 g/mol. The second kappa shape index (κ2) is 4.43. The van der Waals surface area contributed by atoms with Gasteiger partial charge in [0.15, 0.2) is 11.5 Å². The van der Waals surface area contributed by atoms with Gasteiger partial charge in [-0.25, -0.2) is 0 Å². The number of nitrogens with two attached hydrogens (primary N) is 1. The Balaban J connectivity index is 2.59. The number of fused-ring (bicyclic) bond motifs is 1. The van der Waals surface area contributed by atoms with E-state index in [1.807, 2.05) is 6.92 Å². The Morgan fingerprint density at radius 2 is 2.35 bits per heavy atom. The summed E-state index contributed by atoms with van der Waals surface area (Å²) >= 11 is 6.15. The van der Waals surface area contributed by atoms with Crippen LogP contribution in [0.15, 0.2) is 6.07 Å². The van der Waals surface area contributed by atoms with Crippen LogP contribution in [0.4, 0.5) is 0 Å². The summed E-state index contributed by atoms with van der Waals surface area (Å²) in [6.45, 7) is 1.96. The van der Waals surface area contributed by atoms with Crippen molar-refractivity contribution >= 4 is 17.6 Å². The van der Waals surface area contributed by atoms with Crippen molar-refractivity contribution in [2.24, 2.45) is 5.73 Å². The van der Waals surface area contributed by atoms with Crippen LogP contribution >= 0.6 is 11.6 Å². The molecule has 1 heterocycles. The molecule has 0 bridgehead atoms. The summed E-state index contributed by atoms with van der Waals surface area (Å²) < 4.78 is 10.4. The molecule has 17 heavy (non-hydrogen) atoms. The largest absolute Gasteiger partial charge is 0.480 e. The SMILES string of the molecule is CCc1c(C(N)C(=O)O)cc2c(c1Cl)OCO2. The number of hydrogen-bond donors (Lipinski definition) is 2. The molecule has 6 heteroatoms. The second-order valence-corrected chi connectivity index (χ2v) is 4.04. The predicted octanol–water partition coefficient (Wildman–Crippen LogP) is 1.72. The van der Waals surface area contributed by atoms with Crippen molar-refractivity contribution in [3.63, 3.8) is 0 Å². The molecule has 1 aliphatic rings. The highest BCUT2D eigenvalue weighted by Gasteiger charge is 2.27. The monoisotopic (exact) mass is 257 g/mol. The minimum Gasteiger partial charge on any atom is -0.480 e. The number of carboxylic acids is 1. The summed E-state index contributed by atoms with van der Waals surface area (Å²) in [6, 6.07) is 0.475. The van der Waals surface area contributed by atoms with Gasteiger partial charge in [0, 0.05) is 0 Å². The van der Waals surface area contributed by atoms with Crippen LogP contribution in [-0.2, 0) is 11.2 Å². The maximum absolute atomic E-state index is 10.9. The van der Waals surface area contributed by atoms with Gasteiger partial charge in [-0.2, -0.15) is 0 Å². The van der Waals surface area contributed by atoms with Crippen LogP contribution in [-0.4, -0.2) is 17.9 Å². The molecule has 5 nitrogen and oxygen atoms in total. The molecule has 0 radical (unpaired) electrons. The minimum absolute atomic E-state index is 0.0873. The molecule has 0 aromatic heterocycles. The molecule has 1 aromatic carbocycles. The summed E-state index contributed by atoms with van der Waals surface area (Å²) in [5.41, 5.74) is 6.78. The highest BCUT2D eigenvalue weighted by Crippen LogP contribution is 2.44. The maximum atomic E-state index is 10.9. The average Bonchev–Trinajstić information content (AvgIpc) is 2.76. The first-order chi connectivity index (χ1) is 8.06. The van der Waals surface area contributed by atoms with E-state index >= 15 is 0 Å². The number of benzene rings is 1. The molecule has 0 saturated carbocycles. The van der Waals surface area contributed by atoms with Crippen LogP contribution in [0.3, 0.4) is 0 Å². The first kappa shape index (κ1) is 12.0. The summed E-state index contributed by atoms with van der Waals surface area (Å²) in [4.78, 5) is 10.9. The Morgan fingerprint density at radius 1 is 1.65 bits per heavy atom. The first-order valence-corrected chi connectivity index (χ1v) is 5.53. The molecule has 3 N–H and O–H groups in total. The summed E-state index contributed by atoms with van der Waals surface area (Å²) in [5.74, 6) is -0.196. The fourth-order valence-corrected chi connectivity index (χ4v) is 2.22. The van der Waals surface area contributed by atoms with E-state index in [1.54, 1.807) is 6.07 Å². The molecule has 0 amide bonds. The smallest absolute Gasteiger partial charge is 0.325 e. The molecule has 0 aliphatic carbocycles. The predicted molar refractivity (Wildman–Crippen MR) is 61.5 cm³/mol. The van der Waals surface area contributed by atoms with Crippen LogP contribution < -0.4 is 15.2 Å². The first-order valence-electron chi connectivity index (χ1n) is 5.15. The zero-order chi connectivity index (χ0) is 12.6. The molecule has 92 valence electrons. The third-order valence-electron chi connectivity index (χ3n) is 2.70. The maximum Gasteiger partial charge on any atom is 0.325 e. The van der Waals surface area contributed by atoms with Crippen molar-refractivity contribution in [2.45, 2.75) is 19.4 Å². The van der Waals surface area contributed by atoms with Gasteiger partial charge in [-0.3, -0.25) is 4.79 Å². The topological polar surface area (TPSA) is 81.8 Å². The molecule has 1 aliphatic heterocycles. The zero-order valence-electron chi connectivity index (χ0n) is 9.20. The fraction of sp³-hybridized carbons (Fsp3) is 0.364. The Bertz CT molecular complexity index is 475. The van der Waals surface area contributed by atoms with Gasteiger partial charge in [0.05, 0.1) is 5.02 Å². The Kier molecular flexibility index (Phi) is 3.13. The number of aliphatic carboxylic acids is 1. The van der Waals surface area contributed by atoms with Crippen molar-refractivity contribution in [1.29, 1.82) is 0 Å². The number of carboxylic acid groups (broad SMARTS) is 1. The van der Waals surface area contributed by atoms with E-state index in [0.29, 0.717) is 34.1 Å². The van der Waals surface area contributed by atoms with E-state index in [0.717, 1.165) is 0 Å². The van der Waals surface area contributed by atoms with Gasteiger partial charge in [-0.1, -0.05) is 18.5 Å². The van der Waals surface area contributed by atoms with Crippen molar-refractivity contribution < 1.29 is 19.4 Å². The van der Waals surface area contributed by atoms with Gasteiger partial charge in [-0.15, -0.1) is 0 Å². The van der Waals surface area contributed by atoms with E-state index in [4.69, 9.17) is 31.9 Å². The number of carbonyl (C=O) groups is 1. The number of hydrogen-bond acceptors (Lipinski definition) is 4. The van der Waals surface area contributed by atoms with Crippen LogP contribution in [0.2, 0.25) is 5.02 Å². The van der Waals surface area contributed by atoms with Crippen molar-refractivity contribution in [3.8, 4) is 11.5 Å². The van der Waals surface area contributed by atoms with Crippen molar-refractivity contribution in [1.82, 2.24) is 0 Å². The van der Waals surface area contributed by atoms with Crippen LogP contribution in [0.1, 0.15) is 24.1 Å². The molecule has 0 fully saturated rings. The Labute approximate surface area is 103 Å². The highest BCUT2D eigenvalue weighted by molar-refractivity contribution is 6.33. The zero-order valence-corrected chi connectivity index (χ0v) is 9.95. The third kappa shape index (κ3) is 1.92. The van der Waals surface area contributed by atoms with Crippen LogP contribution in [0.5, 0.6) is 11.5 Å². The summed E-state index contributed by atoms with van der Waals surface area (Å²) in [5, 5.41) is 9.34. The van der Waals surface area contributed by atoms with Gasteiger partial charge in [0.2, 0.25) is 6.79 Å². The fourth-order valence-electron chi connectivity index (χ4n) is 1.83. The molecule has 0 spiro atoms. The molecular formula is C11H12ClNO4. The summed E-state index contributed by atoms with van der Waals surface area (Å²) in [7, 11) is 0. The third-order valence-corrected chi connectivity index (χ3v) is 3.10. The second-order valence-electron chi connectivity index (χ2n) is 3.66.